The fourth-order valence-electron chi connectivity index (χ4n) is 6.68. The van der Waals surface area contributed by atoms with Crippen molar-refractivity contribution in [3.05, 3.63) is 64.9 Å². The Bertz CT molecular complexity index is 1640. The van der Waals surface area contributed by atoms with Gasteiger partial charge in [-0.3, -0.25) is 14.3 Å². The van der Waals surface area contributed by atoms with E-state index in [1.807, 2.05) is 46.1 Å². The minimum atomic E-state index is -4.54. The van der Waals surface area contributed by atoms with Crippen LogP contribution in [0.15, 0.2) is 42.7 Å². The van der Waals surface area contributed by atoms with E-state index in [1.54, 1.807) is 6.20 Å². The number of rotatable bonds is 6. The van der Waals surface area contributed by atoms with E-state index >= 15 is 0 Å². The van der Waals surface area contributed by atoms with Gasteiger partial charge in [0.15, 0.2) is 0 Å². The summed E-state index contributed by atoms with van der Waals surface area (Å²) in [6, 6.07) is 9.61. The molecule has 4 aliphatic rings. The Morgan fingerprint density at radius 2 is 1.88 bits per heavy atom. The van der Waals surface area contributed by atoms with Crippen molar-refractivity contribution in [3.8, 4) is 0 Å². The van der Waals surface area contributed by atoms with Gasteiger partial charge in [0.05, 0.1) is 12.7 Å². The van der Waals surface area contributed by atoms with Crippen molar-refractivity contribution in [1.29, 1.82) is 0 Å². The molecule has 0 unspecified atom stereocenters. The number of hydrogen-bond donors (Lipinski definition) is 1. The Morgan fingerprint density at radius 1 is 1.10 bits per heavy atom. The van der Waals surface area contributed by atoms with Crippen LogP contribution in [0.3, 0.4) is 0 Å². The van der Waals surface area contributed by atoms with Crippen molar-refractivity contribution in [3.63, 3.8) is 0 Å². The maximum absolute atomic E-state index is 13.6. The van der Waals surface area contributed by atoms with E-state index in [-0.39, 0.29) is 31.8 Å². The third-order valence-electron chi connectivity index (χ3n) is 9.39. The molecule has 0 radical (unpaired) electrons. The summed E-state index contributed by atoms with van der Waals surface area (Å²) in [6.45, 7) is 1.58. The van der Waals surface area contributed by atoms with Gasteiger partial charge in [-0.1, -0.05) is 18.2 Å². The Hall–Kier alpha value is -4.18. The van der Waals surface area contributed by atoms with Crippen LogP contribution in [0.5, 0.6) is 0 Å². The summed E-state index contributed by atoms with van der Waals surface area (Å²) < 4.78 is 42.8. The lowest BCUT2D eigenvalue weighted by atomic mass is 9.85. The lowest BCUT2D eigenvalue weighted by Crippen LogP contribution is -2.58. The van der Waals surface area contributed by atoms with Crippen molar-refractivity contribution < 1.29 is 27.6 Å². The molecule has 0 atom stereocenters. The summed E-state index contributed by atoms with van der Waals surface area (Å²) >= 11 is 0. The number of halogens is 3. The molecular weight excluding hydrogens is 535 g/mol. The zero-order valence-corrected chi connectivity index (χ0v) is 22.2. The smallest absolute Gasteiger partial charge is 0.403 e. The average molecular weight is 564 g/mol. The van der Waals surface area contributed by atoms with Crippen molar-refractivity contribution >= 4 is 34.1 Å². The predicted molar refractivity (Wildman–Crippen MR) is 143 cm³/mol. The number of likely N-dealkylation sites (tertiary alicyclic amines) is 2. The molecule has 9 nitrogen and oxygen atoms in total. The van der Waals surface area contributed by atoms with Gasteiger partial charge in [0, 0.05) is 42.3 Å². The third-order valence-corrected chi connectivity index (χ3v) is 9.39. The number of benzene rings is 2. The quantitative estimate of drug-likeness (QED) is 0.359. The highest BCUT2D eigenvalue weighted by Gasteiger charge is 2.69. The Labute approximate surface area is 233 Å². The minimum absolute atomic E-state index is 0.109. The Kier molecular flexibility index (Phi) is 5.60. The number of anilines is 1. The summed E-state index contributed by atoms with van der Waals surface area (Å²) in [7, 11) is 0. The first kappa shape index (κ1) is 25.8. The second-order valence-corrected chi connectivity index (χ2v) is 11.7. The molecule has 1 N–H and O–H groups in total. The van der Waals surface area contributed by atoms with Crippen molar-refractivity contribution in [1.82, 2.24) is 19.6 Å². The van der Waals surface area contributed by atoms with Crippen LogP contribution in [0, 0.1) is 5.41 Å². The third kappa shape index (κ3) is 3.95. The molecular formula is C29H28F3N7O2. The second kappa shape index (κ2) is 8.91. The maximum Gasteiger partial charge on any atom is 0.403 e. The molecule has 4 heterocycles. The highest BCUT2D eigenvalue weighted by molar-refractivity contribution is 6.24. The number of nitrogens with one attached hydrogen (secondary N) is 1. The van der Waals surface area contributed by atoms with Gasteiger partial charge in [0.2, 0.25) is 5.91 Å². The van der Waals surface area contributed by atoms with E-state index < -0.39 is 23.0 Å². The first-order valence-electron chi connectivity index (χ1n) is 13.9. The molecule has 3 fully saturated rings. The number of amidine groups is 1. The maximum atomic E-state index is 13.6. The van der Waals surface area contributed by atoms with Crippen LogP contribution < -0.4 is 5.32 Å². The number of alkyl halides is 3. The van der Waals surface area contributed by atoms with Gasteiger partial charge in [0.1, 0.15) is 23.9 Å². The standard InChI is InChI=1S/C29H28F3N7O2/c30-29(31,32)28(7-8-28)26(41)37-12-9-27(10-13-37,17-38-11-6-23(38)36-33)39-16-18(15-34-39)14-19-4-5-22-24-20(19)2-1-3-21(24)25(40)35-22/h1-5,15-16H,6-14,17H2,(H,35,40). The van der Waals surface area contributed by atoms with Crippen LogP contribution in [0.1, 0.15) is 53.6 Å². The van der Waals surface area contributed by atoms with Crippen molar-refractivity contribution in [2.75, 3.05) is 31.5 Å². The number of nitrogens with zero attached hydrogens (tertiary/aromatic N) is 6. The minimum Gasteiger partial charge on any atom is -0.498 e. The molecule has 12 heteroatoms. The van der Waals surface area contributed by atoms with Crippen molar-refractivity contribution in [2.24, 2.45) is 5.41 Å². The van der Waals surface area contributed by atoms with Gasteiger partial charge in [-0.25, -0.2) is 4.90 Å². The van der Waals surface area contributed by atoms with Crippen LogP contribution in [0.2, 0.25) is 0 Å². The molecule has 7 rings (SSSR count). The number of carbonyl (C=O) groups excluding carboxylic acids is 2. The number of piperidine rings is 1. The SMILES string of the molecule is [N-]=[N+]=C1CCN1CC1(n2cc(Cc3ccc4c5c(cccc35)C(=O)N4)cn2)CCN(C(=O)C2(C(F)(F)F)CC2)CC1. The zero-order chi connectivity index (χ0) is 28.6. The fraction of sp³-hybridized carbons (Fsp3) is 0.448. The summed E-state index contributed by atoms with van der Waals surface area (Å²) in [6.07, 6.45) is 1.02. The number of hydrogen-bond acceptors (Lipinski definition) is 3. The summed E-state index contributed by atoms with van der Waals surface area (Å²) in [5.41, 5.74) is 10.0. The highest BCUT2D eigenvalue weighted by Crippen LogP contribution is 2.59. The van der Waals surface area contributed by atoms with E-state index in [1.165, 1.54) is 4.90 Å². The number of aromatic nitrogens is 2. The van der Waals surface area contributed by atoms with E-state index in [9.17, 15) is 28.3 Å². The van der Waals surface area contributed by atoms with Crippen LogP contribution in [0.25, 0.3) is 16.3 Å². The highest BCUT2D eigenvalue weighted by atomic mass is 19.4. The summed E-state index contributed by atoms with van der Waals surface area (Å²) in [5, 5.41) is 9.53. The monoisotopic (exact) mass is 563 g/mol. The molecule has 2 amide bonds. The molecule has 41 heavy (non-hydrogen) atoms. The number of carbonyl (C=O) groups is 2. The molecule has 3 aromatic rings. The molecule has 3 aliphatic heterocycles. The van der Waals surface area contributed by atoms with Gasteiger partial charge in [0.25, 0.3) is 5.91 Å². The van der Waals surface area contributed by atoms with Crippen LogP contribution in [-0.2, 0) is 16.8 Å². The van der Waals surface area contributed by atoms with Gasteiger partial charge < -0.3 is 20.5 Å². The van der Waals surface area contributed by atoms with E-state index in [0.29, 0.717) is 50.2 Å². The fourth-order valence-corrected chi connectivity index (χ4v) is 6.68. The molecule has 212 valence electrons. The van der Waals surface area contributed by atoms with E-state index in [2.05, 4.69) is 10.1 Å². The van der Waals surface area contributed by atoms with E-state index in [4.69, 9.17) is 5.10 Å². The topological polar surface area (TPSA) is 107 Å². The normalized spacial score (nSPS) is 20.6. The molecule has 1 aromatic heterocycles. The van der Waals surface area contributed by atoms with Crippen molar-refractivity contribution in [2.45, 2.75) is 50.2 Å². The predicted octanol–water partition coefficient (Wildman–Crippen LogP) is 4.19. The Balaban J connectivity index is 1.16. The van der Waals surface area contributed by atoms with Crippen LogP contribution >= 0.6 is 0 Å². The lowest BCUT2D eigenvalue weighted by Gasteiger charge is -2.44. The van der Waals surface area contributed by atoms with Gasteiger partial charge in [-0.15, -0.1) is 0 Å². The van der Waals surface area contributed by atoms with Gasteiger partial charge >= 0.3 is 12.0 Å². The molecule has 0 spiro atoms. The van der Waals surface area contributed by atoms with Crippen LogP contribution in [0.4, 0.5) is 18.9 Å². The molecule has 2 saturated heterocycles. The largest absolute Gasteiger partial charge is 0.498 e. The molecule has 0 bridgehead atoms. The molecule has 2 aromatic carbocycles. The first-order chi connectivity index (χ1) is 19.6. The Morgan fingerprint density at radius 3 is 2.54 bits per heavy atom. The lowest BCUT2D eigenvalue weighted by molar-refractivity contribution is -0.199. The van der Waals surface area contributed by atoms with Gasteiger partial charge in [-0.05, 0) is 54.3 Å². The second-order valence-electron chi connectivity index (χ2n) is 11.7. The molecule has 1 aliphatic carbocycles. The molecule has 1 saturated carbocycles. The summed E-state index contributed by atoms with van der Waals surface area (Å²) in [4.78, 5) is 32.0. The van der Waals surface area contributed by atoms with E-state index in [0.717, 1.165) is 27.6 Å². The zero-order valence-electron chi connectivity index (χ0n) is 22.2. The summed E-state index contributed by atoms with van der Waals surface area (Å²) in [5.74, 6) is -0.358. The average Bonchev–Trinajstić information content (AvgIpc) is 3.54. The number of amides is 2. The van der Waals surface area contributed by atoms with Gasteiger partial charge in [-0.2, -0.15) is 18.3 Å². The first-order valence-corrected chi connectivity index (χ1v) is 13.9. The van der Waals surface area contributed by atoms with Crippen LogP contribution in [-0.4, -0.2) is 74.4 Å².